The molecule has 0 aromatic heterocycles. The second-order valence-electron chi connectivity index (χ2n) is 3.67. The number of rotatable bonds is 3. The molecule has 1 N–H and O–H groups in total. The maximum atomic E-state index is 11.0. The van der Waals surface area contributed by atoms with E-state index in [2.05, 4.69) is 21.2 Å². The number of esters is 1. The van der Waals surface area contributed by atoms with Gasteiger partial charge in [0.05, 0.1) is 5.69 Å². The van der Waals surface area contributed by atoms with Crippen molar-refractivity contribution in [2.24, 2.45) is 0 Å². The number of carbonyl (C=O) groups excluding carboxylic acids is 2. The molecule has 0 bridgehead atoms. The Bertz CT molecular complexity index is 457. The molecule has 0 unspecified atom stereocenters. The van der Waals surface area contributed by atoms with Crippen molar-refractivity contribution in [2.75, 3.05) is 5.32 Å². The van der Waals surface area contributed by atoms with Gasteiger partial charge in [0.1, 0.15) is 6.61 Å². The molecule has 4 nitrogen and oxygen atoms in total. The topological polar surface area (TPSA) is 55.4 Å². The summed E-state index contributed by atoms with van der Waals surface area (Å²) in [6, 6.07) is 3.60. The molecule has 0 heterocycles. The first-order valence-corrected chi connectivity index (χ1v) is 5.90. The van der Waals surface area contributed by atoms with Gasteiger partial charge in [0.15, 0.2) is 0 Å². The minimum Gasteiger partial charge on any atom is -0.461 e. The van der Waals surface area contributed by atoms with Crippen LogP contribution in [0.1, 0.15) is 25.0 Å². The minimum absolute atomic E-state index is 0.127. The summed E-state index contributed by atoms with van der Waals surface area (Å²) in [5, 5.41) is 2.71. The Labute approximate surface area is 108 Å². The van der Waals surface area contributed by atoms with Crippen LogP contribution in [0, 0.1) is 6.92 Å². The van der Waals surface area contributed by atoms with Gasteiger partial charge in [-0.2, -0.15) is 0 Å². The lowest BCUT2D eigenvalue weighted by molar-refractivity contribution is -0.142. The van der Waals surface area contributed by atoms with Crippen molar-refractivity contribution >= 4 is 33.5 Å². The first-order chi connectivity index (χ1) is 7.91. The average molecular weight is 300 g/mol. The first kappa shape index (κ1) is 13.7. The predicted octanol–water partition coefficient (Wildman–Crippen LogP) is 2.78. The van der Waals surface area contributed by atoms with Gasteiger partial charge < -0.3 is 10.1 Å². The number of hydrogen-bond acceptors (Lipinski definition) is 3. The summed E-state index contributed by atoms with van der Waals surface area (Å²) in [7, 11) is 0. The SMILES string of the molecule is CC(=O)Nc1ccc(COC(C)=O)c(C)c1Br. The maximum Gasteiger partial charge on any atom is 0.302 e. The quantitative estimate of drug-likeness (QED) is 0.873. The highest BCUT2D eigenvalue weighted by Crippen LogP contribution is 2.29. The van der Waals surface area contributed by atoms with E-state index in [0.29, 0.717) is 5.69 Å². The molecule has 17 heavy (non-hydrogen) atoms. The van der Waals surface area contributed by atoms with Gasteiger partial charge in [-0.25, -0.2) is 0 Å². The van der Waals surface area contributed by atoms with Crippen molar-refractivity contribution in [3.05, 3.63) is 27.7 Å². The van der Waals surface area contributed by atoms with Crippen LogP contribution in [-0.4, -0.2) is 11.9 Å². The number of benzene rings is 1. The van der Waals surface area contributed by atoms with Crippen molar-refractivity contribution in [1.29, 1.82) is 0 Å². The van der Waals surface area contributed by atoms with E-state index in [4.69, 9.17) is 4.74 Å². The summed E-state index contributed by atoms with van der Waals surface area (Å²) < 4.78 is 5.74. The van der Waals surface area contributed by atoms with E-state index in [1.165, 1.54) is 13.8 Å². The predicted molar refractivity (Wildman–Crippen MR) is 68.7 cm³/mol. The first-order valence-electron chi connectivity index (χ1n) is 5.10. The number of halogens is 1. The van der Waals surface area contributed by atoms with E-state index in [1.807, 2.05) is 13.0 Å². The molecule has 0 saturated carbocycles. The molecule has 0 spiro atoms. The van der Waals surface area contributed by atoms with E-state index < -0.39 is 0 Å². The van der Waals surface area contributed by atoms with Gasteiger partial charge in [-0.15, -0.1) is 0 Å². The van der Waals surface area contributed by atoms with E-state index >= 15 is 0 Å². The van der Waals surface area contributed by atoms with Crippen molar-refractivity contribution in [3.63, 3.8) is 0 Å². The zero-order chi connectivity index (χ0) is 13.0. The van der Waals surface area contributed by atoms with Crippen LogP contribution in [0.2, 0.25) is 0 Å². The summed E-state index contributed by atoms with van der Waals surface area (Å²) >= 11 is 3.41. The lowest BCUT2D eigenvalue weighted by atomic mass is 10.1. The third-order valence-corrected chi connectivity index (χ3v) is 3.26. The minimum atomic E-state index is -0.313. The highest BCUT2D eigenvalue weighted by molar-refractivity contribution is 9.10. The van der Waals surface area contributed by atoms with Crippen LogP contribution in [0.4, 0.5) is 5.69 Å². The van der Waals surface area contributed by atoms with Crippen LogP contribution in [0.15, 0.2) is 16.6 Å². The van der Waals surface area contributed by atoms with Gasteiger partial charge in [0, 0.05) is 18.3 Å². The van der Waals surface area contributed by atoms with Crippen LogP contribution in [0.5, 0.6) is 0 Å². The second-order valence-corrected chi connectivity index (χ2v) is 4.47. The monoisotopic (exact) mass is 299 g/mol. The Balaban J connectivity index is 2.93. The van der Waals surface area contributed by atoms with E-state index in [1.54, 1.807) is 6.07 Å². The fourth-order valence-corrected chi connectivity index (χ4v) is 1.83. The third kappa shape index (κ3) is 3.85. The standard InChI is InChI=1S/C12H14BrNO3/c1-7-10(6-17-9(3)16)4-5-11(12(7)13)14-8(2)15/h4-5H,6H2,1-3H3,(H,14,15). The Kier molecular flexibility index (Phi) is 4.69. The van der Waals surface area contributed by atoms with Crippen LogP contribution in [0.3, 0.4) is 0 Å². The molecule has 1 aromatic rings. The normalized spacial score (nSPS) is 9.88. The van der Waals surface area contributed by atoms with E-state index in [9.17, 15) is 9.59 Å². The Hall–Kier alpha value is -1.36. The van der Waals surface area contributed by atoms with Crippen molar-refractivity contribution in [2.45, 2.75) is 27.4 Å². The Morgan fingerprint density at radius 1 is 1.35 bits per heavy atom. The Morgan fingerprint density at radius 2 is 2.00 bits per heavy atom. The number of hydrogen-bond donors (Lipinski definition) is 1. The van der Waals surface area contributed by atoms with E-state index in [-0.39, 0.29) is 18.5 Å². The number of nitrogens with one attached hydrogen (secondary N) is 1. The molecule has 92 valence electrons. The molecule has 0 aliphatic heterocycles. The number of carbonyl (C=O) groups is 2. The number of amides is 1. The molecule has 0 aliphatic rings. The summed E-state index contributed by atoms with van der Waals surface area (Å²) in [4.78, 5) is 21.7. The van der Waals surface area contributed by atoms with E-state index in [0.717, 1.165) is 15.6 Å². The summed E-state index contributed by atoms with van der Waals surface area (Å²) in [6.07, 6.45) is 0. The molecule has 1 rings (SSSR count). The molecule has 1 aromatic carbocycles. The molecule has 0 fully saturated rings. The van der Waals surface area contributed by atoms with Gasteiger partial charge in [-0.05, 0) is 40.0 Å². The van der Waals surface area contributed by atoms with Gasteiger partial charge in [0.25, 0.3) is 0 Å². The number of ether oxygens (including phenoxy) is 1. The van der Waals surface area contributed by atoms with Gasteiger partial charge in [-0.3, -0.25) is 9.59 Å². The molecule has 5 heteroatoms. The highest BCUT2D eigenvalue weighted by Gasteiger charge is 2.09. The zero-order valence-electron chi connectivity index (χ0n) is 9.96. The van der Waals surface area contributed by atoms with Crippen LogP contribution in [-0.2, 0) is 20.9 Å². The fourth-order valence-electron chi connectivity index (χ4n) is 1.35. The summed E-state index contributed by atoms with van der Waals surface area (Å²) in [5.41, 5.74) is 2.56. The van der Waals surface area contributed by atoms with Crippen LogP contribution >= 0.6 is 15.9 Å². The molecule has 0 radical (unpaired) electrons. The molecule has 0 aliphatic carbocycles. The Morgan fingerprint density at radius 3 is 2.53 bits per heavy atom. The van der Waals surface area contributed by atoms with Crippen LogP contribution in [0.25, 0.3) is 0 Å². The smallest absolute Gasteiger partial charge is 0.302 e. The highest BCUT2D eigenvalue weighted by atomic mass is 79.9. The van der Waals surface area contributed by atoms with Crippen LogP contribution < -0.4 is 5.32 Å². The average Bonchev–Trinajstić information content (AvgIpc) is 2.23. The lowest BCUT2D eigenvalue weighted by Gasteiger charge is -2.12. The van der Waals surface area contributed by atoms with Crippen molar-refractivity contribution in [1.82, 2.24) is 0 Å². The van der Waals surface area contributed by atoms with Crippen molar-refractivity contribution < 1.29 is 14.3 Å². The zero-order valence-corrected chi connectivity index (χ0v) is 11.6. The van der Waals surface area contributed by atoms with Gasteiger partial charge in [-0.1, -0.05) is 6.07 Å². The molecular formula is C12H14BrNO3. The number of anilines is 1. The largest absolute Gasteiger partial charge is 0.461 e. The lowest BCUT2D eigenvalue weighted by Crippen LogP contribution is -2.08. The molecule has 0 saturated heterocycles. The fraction of sp³-hybridized carbons (Fsp3) is 0.333. The summed E-state index contributed by atoms with van der Waals surface area (Å²) in [5.74, 6) is -0.440. The van der Waals surface area contributed by atoms with Gasteiger partial charge in [0.2, 0.25) is 5.91 Å². The van der Waals surface area contributed by atoms with Crippen molar-refractivity contribution in [3.8, 4) is 0 Å². The molecule has 0 atom stereocenters. The van der Waals surface area contributed by atoms with Gasteiger partial charge >= 0.3 is 5.97 Å². The molecular weight excluding hydrogens is 286 g/mol. The summed E-state index contributed by atoms with van der Waals surface area (Å²) in [6.45, 7) is 4.96. The second kappa shape index (κ2) is 5.82. The molecule has 1 amide bonds. The maximum absolute atomic E-state index is 11.0. The third-order valence-electron chi connectivity index (χ3n) is 2.24.